The SMILES string of the molecule is CCN(CC)c1ccc(/C=C2/SC(=O)N(CC(=O)Nc3ccc(C(C)C)cc3)C2=O)c(OCC(=O)Nc2cccc([N+](=O)[O-])c2)c1. The fourth-order valence-corrected chi connectivity index (χ4v) is 5.49. The number of hydrogen-bond donors (Lipinski definition) is 2. The molecule has 12 nitrogen and oxygen atoms in total. The summed E-state index contributed by atoms with van der Waals surface area (Å²) in [6.45, 7) is 8.68. The minimum absolute atomic E-state index is 0.0978. The first-order valence-corrected chi connectivity index (χ1v) is 15.5. The molecule has 1 heterocycles. The monoisotopic (exact) mass is 645 g/mol. The van der Waals surface area contributed by atoms with Crippen molar-refractivity contribution in [2.24, 2.45) is 0 Å². The Morgan fingerprint density at radius 2 is 1.67 bits per heavy atom. The van der Waals surface area contributed by atoms with E-state index < -0.39 is 41.0 Å². The number of imide groups is 1. The number of nitro groups is 1. The minimum atomic E-state index is -0.623. The first-order chi connectivity index (χ1) is 22.0. The summed E-state index contributed by atoms with van der Waals surface area (Å²) in [6, 6.07) is 18.2. The van der Waals surface area contributed by atoms with Crippen LogP contribution >= 0.6 is 11.8 Å². The Bertz CT molecular complexity index is 1670. The topological polar surface area (TPSA) is 151 Å². The van der Waals surface area contributed by atoms with Gasteiger partial charge in [0.25, 0.3) is 22.7 Å². The normalized spacial score (nSPS) is 13.7. The number of benzene rings is 3. The highest BCUT2D eigenvalue weighted by Crippen LogP contribution is 2.35. The number of hydrogen-bond acceptors (Lipinski definition) is 9. The summed E-state index contributed by atoms with van der Waals surface area (Å²) in [5.74, 6) is -1.06. The Balaban J connectivity index is 1.49. The maximum atomic E-state index is 13.2. The van der Waals surface area contributed by atoms with Gasteiger partial charge < -0.3 is 20.3 Å². The summed E-state index contributed by atoms with van der Waals surface area (Å²) in [4.78, 5) is 65.0. The standard InChI is InChI=1S/C33H35N5O7S/c1-5-36(6-2)26-15-12-23(28(18-26)45-20-31(40)35-25-8-7-9-27(17-25)38(43)44)16-29-32(41)37(33(42)46-29)19-30(39)34-24-13-10-22(11-14-24)21(3)4/h7-18,21H,5-6,19-20H2,1-4H3,(H,34,39)(H,35,40)/b29-16+. The van der Waals surface area contributed by atoms with Gasteiger partial charge in [-0.15, -0.1) is 0 Å². The smallest absolute Gasteiger partial charge is 0.294 e. The number of carbonyl (C=O) groups is 4. The van der Waals surface area contributed by atoms with Gasteiger partial charge in [0.05, 0.1) is 9.83 Å². The number of amides is 4. The molecule has 0 aliphatic carbocycles. The van der Waals surface area contributed by atoms with Gasteiger partial charge in [0, 0.05) is 53.9 Å². The zero-order valence-electron chi connectivity index (χ0n) is 25.9. The number of ether oxygens (including phenoxy) is 1. The maximum absolute atomic E-state index is 13.2. The Labute approximate surface area is 270 Å². The fraction of sp³-hybridized carbons (Fsp3) is 0.273. The molecular formula is C33H35N5O7S. The van der Waals surface area contributed by atoms with Crippen molar-refractivity contribution >= 4 is 63.5 Å². The summed E-state index contributed by atoms with van der Waals surface area (Å²) in [5, 5.41) is 15.8. The number of thioether (sulfide) groups is 1. The van der Waals surface area contributed by atoms with Crippen LogP contribution in [0.4, 0.5) is 27.5 Å². The van der Waals surface area contributed by atoms with E-state index in [9.17, 15) is 29.3 Å². The van der Waals surface area contributed by atoms with Crippen molar-refractivity contribution in [3.63, 3.8) is 0 Å². The lowest BCUT2D eigenvalue weighted by Gasteiger charge is -2.22. The van der Waals surface area contributed by atoms with Crippen LogP contribution in [-0.4, -0.2) is 59.0 Å². The molecule has 1 fully saturated rings. The molecule has 0 radical (unpaired) electrons. The predicted octanol–water partition coefficient (Wildman–Crippen LogP) is 6.26. The van der Waals surface area contributed by atoms with Crippen LogP contribution in [0, 0.1) is 10.1 Å². The number of nitrogens with zero attached hydrogens (tertiary/aromatic N) is 3. The van der Waals surface area contributed by atoms with Crippen LogP contribution in [-0.2, 0) is 14.4 Å². The Morgan fingerprint density at radius 1 is 0.978 bits per heavy atom. The van der Waals surface area contributed by atoms with Gasteiger partial charge in [0.1, 0.15) is 12.3 Å². The lowest BCUT2D eigenvalue weighted by Crippen LogP contribution is -2.36. The largest absolute Gasteiger partial charge is 0.483 e. The van der Waals surface area contributed by atoms with E-state index in [-0.39, 0.29) is 22.0 Å². The summed E-state index contributed by atoms with van der Waals surface area (Å²) < 4.78 is 5.88. The number of nitro benzene ring substituents is 1. The van der Waals surface area contributed by atoms with Crippen LogP contribution in [0.15, 0.2) is 71.6 Å². The molecule has 0 bridgehead atoms. The van der Waals surface area contributed by atoms with Gasteiger partial charge in [-0.1, -0.05) is 32.0 Å². The van der Waals surface area contributed by atoms with Crippen molar-refractivity contribution in [2.45, 2.75) is 33.6 Å². The first kappa shape index (κ1) is 33.7. The molecule has 240 valence electrons. The quantitative estimate of drug-likeness (QED) is 0.125. The van der Waals surface area contributed by atoms with Gasteiger partial charge >= 0.3 is 0 Å². The maximum Gasteiger partial charge on any atom is 0.294 e. The molecule has 2 N–H and O–H groups in total. The van der Waals surface area contributed by atoms with Crippen molar-refractivity contribution in [1.29, 1.82) is 0 Å². The summed E-state index contributed by atoms with van der Waals surface area (Å²) in [6.07, 6.45) is 1.49. The number of non-ortho nitro benzene ring substituents is 1. The van der Waals surface area contributed by atoms with Gasteiger partial charge in [0.15, 0.2) is 6.61 Å². The van der Waals surface area contributed by atoms with Gasteiger partial charge in [-0.25, -0.2) is 0 Å². The highest BCUT2D eigenvalue weighted by atomic mass is 32.2. The molecule has 0 unspecified atom stereocenters. The number of nitrogens with one attached hydrogen (secondary N) is 2. The van der Waals surface area contributed by atoms with E-state index in [0.717, 1.165) is 16.2 Å². The lowest BCUT2D eigenvalue weighted by atomic mass is 10.0. The number of anilines is 3. The van der Waals surface area contributed by atoms with E-state index in [0.29, 0.717) is 42.0 Å². The lowest BCUT2D eigenvalue weighted by molar-refractivity contribution is -0.384. The van der Waals surface area contributed by atoms with Crippen molar-refractivity contribution in [3.05, 3.63) is 92.9 Å². The number of carbonyl (C=O) groups excluding carboxylic acids is 4. The molecule has 0 saturated carbocycles. The second-order valence-electron chi connectivity index (χ2n) is 10.6. The Kier molecular flexibility index (Phi) is 11.2. The molecular weight excluding hydrogens is 610 g/mol. The molecule has 3 aromatic rings. The molecule has 1 aliphatic rings. The molecule has 4 rings (SSSR count). The molecule has 3 aromatic carbocycles. The zero-order chi connectivity index (χ0) is 33.4. The molecule has 0 atom stereocenters. The molecule has 13 heteroatoms. The third-order valence-electron chi connectivity index (χ3n) is 7.15. The minimum Gasteiger partial charge on any atom is -0.483 e. The molecule has 46 heavy (non-hydrogen) atoms. The van der Waals surface area contributed by atoms with Crippen LogP contribution in [0.3, 0.4) is 0 Å². The average molecular weight is 646 g/mol. The van der Waals surface area contributed by atoms with Crippen LogP contribution < -0.4 is 20.3 Å². The predicted molar refractivity (Wildman–Crippen MR) is 179 cm³/mol. The molecule has 1 saturated heterocycles. The highest BCUT2D eigenvalue weighted by Gasteiger charge is 2.36. The molecule has 4 amide bonds. The Morgan fingerprint density at radius 3 is 2.33 bits per heavy atom. The van der Waals surface area contributed by atoms with Crippen LogP contribution in [0.25, 0.3) is 6.08 Å². The van der Waals surface area contributed by atoms with Crippen LogP contribution in [0.5, 0.6) is 5.75 Å². The van der Waals surface area contributed by atoms with Crippen molar-refractivity contribution in [1.82, 2.24) is 4.90 Å². The van der Waals surface area contributed by atoms with Crippen LogP contribution in [0.2, 0.25) is 0 Å². The summed E-state index contributed by atoms with van der Waals surface area (Å²) in [7, 11) is 0. The van der Waals surface area contributed by atoms with Crippen molar-refractivity contribution in [3.8, 4) is 5.75 Å². The van der Waals surface area contributed by atoms with Crippen molar-refractivity contribution < 1.29 is 28.8 Å². The molecule has 1 aliphatic heterocycles. The molecule has 0 spiro atoms. The van der Waals surface area contributed by atoms with Gasteiger partial charge in [-0.3, -0.25) is 34.2 Å². The number of rotatable bonds is 13. The van der Waals surface area contributed by atoms with E-state index in [4.69, 9.17) is 4.74 Å². The average Bonchev–Trinajstić information content (AvgIpc) is 3.28. The van der Waals surface area contributed by atoms with Gasteiger partial charge in [-0.05, 0) is 73.5 Å². The van der Waals surface area contributed by atoms with E-state index in [2.05, 4.69) is 29.4 Å². The second-order valence-corrected chi connectivity index (χ2v) is 11.6. The third kappa shape index (κ3) is 8.51. The van der Waals surface area contributed by atoms with E-state index >= 15 is 0 Å². The van der Waals surface area contributed by atoms with Gasteiger partial charge in [0.2, 0.25) is 5.91 Å². The molecule has 0 aromatic heterocycles. The highest BCUT2D eigenvalue weighted by molar-refractivity contribution is 8.18. The Hall–Kier alpha value is -5.17. The zero-order valence-corrected chi connectivity index (χ0v) is 26.8. The van der Waals surface area contributed by atoms with Gasteiger partial charge in [-0.2, -0.15) is 0 Å². The van der Waals surface area contributed by atoms with E-state index in [1.807, 2.05) is 32.0 Å². The summed E-state index contributed by atoms with van der Waals surface area (Å²) >= 11 is 0.706. The fourth-order valence-electron chi connectivity index (χ4n) is 4.66. The second kappa shape index (κ2) is 15.2. The van der Waals surface area contributed by atoms with E-state index in [1.54, 1.807) is 24.3 Å². The van der Waals surface area contributed by atoms with Crippen LogP contribution in [0.1, 0.15) is 44.7 Å². The first-order valence-electron chi connectivity index (χ1n) is 14.7. The van der Waals surface area contributed by atoms with Crippen molar-refractivity contribution in [2.75, 3.05) is 41.8 Å². The third-order valence-corrected chi connectivity index (χ3v) is 8.06. The summed E-state index contributed by atoms with van der Waals surface area (Å²) in [5.41, 5.74) is 3.01. The van der Waals surface area contributed by atoms with E-state index in [1.165, 1.54) is 30.3 Å².